The molecule has 0 bridgehead atoms. The van der Waals surface area contributed by atoms with Gasteiger partial charge < -0.3 is 10.5 Å². The van der Waals surface area contributed by atoms with Crippen molar-refractivity contribution in [1.82, 2.24) is 14.8 Å². The van der Waals surface area contributed by atoms with Gasteiger partial charge in [-0.15, -0.1) is 12.4 Å². The highest BCUT2D eigenvalue weighted by atomic mass is 35.5. The maximum Gasteiger partial charge on any atom is 0.255 e. The second kappa shape index (κ2) is 6.32. The van der Waals surface area contributed by atoms with Crippen molar-refractivity contribution < 1.29 is 9.13 Å². The monoisotopic (exact) mass is 272 g/mol. The van der Waals surface area contributed by atoms with E-state index in [0.717, 1.165) is 11.1 Å². The van der Waals surface area contributed by atoms with Crippen LogP contribution in [-0.2, 0) is 13.1 Å². The molecule has 18 heavy (non-hydrogen) atoms. The largest absolute Gasteiger partial charge is 0.492 e. The molecule has 2 aromatic heterocycles. The van der Waals surface area contributed by atoms with E-state index in [-0.39, 0.29) is 18.2 Å². The van der Waals surface area contributed by atoms with E-state index in [1.54, 1.807) is 16.9 Å². The minimum Gasteiger partial charge on any atom is -0.492 e. The lowest BCUT2D eigenvalue weighted by Crippen LogP contribution is -2.02. The van der Waals surface area contributed by atoms with Gasteiger partial charge in [0.2, 0.25) is 0 Å². The zero-order valence-corrected chi connectivity index (χ0v) is 10.7. The Bertz CT molecular complexity index is 517. The molecule has 0 radical (unpaired) electrons. The van der Waals surface area contributed by atoms with E-state index >= 15 is 0 Å². The predicted molar refractivity (Wildman–Crippen MR) is 67.2 cm³/mol. The lowest BCUT2D eigenvalue weighted by Gasteiger charge is -2.05. The molecule has 0 spiro atoms. The van der Waals surface area contributed by atoms with E-state index in [0.29, 0.717) is 13.1 Å². The number of aromatic nitrogens is 3. The first-order chi connectivity index (χ1) is 8.22. The Kier molecular flexibility index (Phi) is 5.06. The maximum atomic E-state index is 13.1. The SMILES string of the molecule is COc1cc(Cn2cc(CN)cn2)cnc1F.Cl. The lowest BCUT2D eigenvalue weighted by molar-refractivity contribution is 0.376. The minimum absolute atomic E-state index is 0. The molecule has 2 aromatic rings. The third-order valence-corrected chi connectivity index (χ3v) is 2.35. The normalized spacial score (nSPS) is 9.94. The summed E-state index contributed by atoms with van der Waals surface area (Å²) in [5, 5.41) is 4.13. The summed E-state index contributed by atoms with van der Waals surface area (Å²) in [5.41, 5.74) is 7.25. The predicted octanol–water partition coefficient (Wildman–Crippen LogP) is 1.35. The second-order valence-corrected chi connectivity index (χ2v) is 3.59. The fourth-order valence-electron chi connectivity index (χ4n) is 1.48. The first-order valence-corrected chi connectivity index (χ1v) is 5.12. The van der Waals surface area contributed by atoms with Crippen molar-refractivity contribution in [2.24, 2.45) is 5.73 Å². The van der Waals surface area contributed by atoms with Gasteiger partial charge in [0.25, 0.3) is 5.95 Å². The van der Waals surface area contributed by atoms with Crippen molar-refractivity contribution >= 4 is 12.4 Å². The van der Waals surface area contributed by atoms with Gasteiger partial charge >= 0.3 is 0 Å². The Labute approximate surface area is 110 Å². The number of ether oxygens (including phenoxy) is 1. The molecule has 0 aliphatic rings. The van der Waals surface area contributed by atoms with Crippen LogP contribution >= 0.6 is 12.4 Å². The molecular weight excluding hydrogens is 259 g/mol. The van der Waals surface area contributed by atoms with Crippen LogP contribution in [0.3, 0.4) is 0 Å². The van der Waals surface area contributed by atoms with Crippen LogP contribution in [0.1, 0.15) is 11.1 Å². The van der Waals surface area contributed by atoms with Crippen LogP contribution < -0.4 is 10.5 Å². The molecule has 0 unspecified atom stereocenters. The average molecular weight is 273 g/mol. The summed E-state index contributed by atoms with van der Waals surface area (Å²) >= 11 is 0. The highest BCUT2D eigenvalue weighted by molar-refractivity contribution is 5.85. The molecule has 2 rings (SSSR count). The van der Waals surface area contributed by atoms with Crippen molar-refractivity contribution in [3.8, 4) is 5.75 Å². The van der Waals surface area contributed by atoms with E-state index in [4.69, 9.17) is 10.5 Å². The number of rotatable bonds is 4. The zero-order chi connectivity index (χ0) is 12.3. The van der Waals surface area contributed by atoms with Crippen molar-refractivity contribution in [3.63, 3.8) is 0 Å². The first-order valence-electron chi connectivity index (χ1n) is 5.12. The number of pyridine rings is 1. The van der Waals surface area contributed by atoms with Gasteiger partial charge in [0.15, 0.2) is 5.75 Å². The summed E-state index contributed by atoms with van der Waals surface area (Å²) in [4.78, 5) is 3.62. The molecular formula is C11H14ClFN4O. The number of hydrogen-bond donors (Lipinski definition) is 1. The summed E-state index contributed by atoms with van der Waals surface area (Å²) in [6, 6.07) is 1.60. The average Bonchev–Trinajstić information content (AvgIpc) is 2.79. The summed E-state index contributed by atoms with van der Waals surface area (Å²) in [5.74, 6) is -0.479. The minimum atomic E-state index is -0.612. The molecule has 2 N–H and O–H groups in total. The molecule has 2 heterocycles. The molecule has 5 nitrogen and oxygen atoms in total. The fraction of sp³-hybridized carbons (Fsp3) is 0.273. The zero-order valence-electron chi connectivity index (χ0n) is 9.84. The Hall–Kier alpha value is -1.66. The van der Waals surface area contributed by atoms with Crippen molar-refractivity contribution in [3.05, 3.63) is 41.7 Å². The van der Waals surface area contributed by atoms with Crippen LogP contribution in [0.4, 0.5) is 4.39 Å². The van der Waals surface area contributed by atoms with Crippen molar-refractivity contribution in [2.45, 2.75) is 13.1 Å². The van der Waals surface area contributed by atoms with Gasteiger partial charge in [-0.3, -0.25) is 4.68 Å². The molecule has 0 aliphatic heterocycles. The van der Waals surface area contributed by atoms with Crippen LogP contribution in [-0.4, -0.2) is 21.9 Å². The van der Waals surface area contributed by atoms with E-state index in [2.05, 4.69) is 10.1 Å². The molecule has 7 heteroatoms. The molecule has 0 fully saturated rings. The summed E-state index contributed by atoms with van der Waals surface area (Å²) in [6.45, 7) is 0.953. The van der Waals surface area contributed by atoms with E-state index in [1.165, 1.54) is 13.3 Å². The van der Waals surface area contributed by atoms with Gasteiger partial charge in [0.1, 0.15) is 0 Å². The number of hydrogen-bond acceptors (Lipinski definition) is 4. The van der Waals surface area contributed by atoms with E-state index in [1.807, 2.05) is 6.20 Å². The molecule has 0 saturated carbocycles. The van der Waals surface area contributed by atoms with Gasteiger partial charge in [-0.1, -0.05) is 0 Å². The standard InChI is InChI=1S/C11H13FN4O.ClH/c1-17-10-2-8(4-14-11(10)12)6-16-7-9(3-13)5-15-16;/h2,4-5,7H,3,6,13H2,1H3;1H. The van der Waals surface area contributed by atoms with E-state index < -0.39 is 5.95 Å². The third kappa shape index (κ3) is 3.18. The number of nitrogens with zero attached hydrogens (tertiary/aromatic N) is 3. The molecule has 0 atom stereocenters. The molecule has 0 aromatic carbocycles. The van der Waals surface area contributed by atoms with Gasteiger partial charge in [-0.05, 0) is 11.6 Å². The highest BCUT2D eigenvalue weighted by Crippen LogP contribution is 2.16. The fourth-order valence-corrected chi connectivity index (χ4v) is 1.48. The third-order valence-electron chi connectivity index (χ3n) is 2.35. The number of halogens is 2. The quantitative estimate of drug-likeness (QED) is 0.854. The maximum absolute atomic E-state index is 13.1. The Morgan fingerprint density at radius 2 is 2.17 bits per heavy atom. The van der Waals surface area contributed by atoms with Gasteiger partial charge in [-0.2, -0.15) is 9.49 Å². The van der Waals surface area contributed by atoms with Crippen molar-refractivity contribution in [2.75, 3.05) is 7.11 Å². The molecule has 0 amide bonds. The van der Waals surface area contributed by atoms with Crippen LogP contribution in [0.25, 0.3) is 0 Å². The Balaban J connectivity index is 0.00000162. The van der Waals surface area contributed by atoms with Gasteiger partial charge in [0, 0.05) is 24.5 Å². The topological polar surface area (TPSA) is 66.0 Å². The molecule has 0 saturated heterocycles. The molecule has 0 aliphatic carbocycles. The first kappa shape index (κ1) is 14.4. The van der Waals surface area contributed by atoms with Gasteiger partial charge in [-0.25, -0.2) is 4.98 Å². The Morgan fingerprint density at radius 3 is 2.78 bits per heavy atom. The summed E-state index contributed by atoms with van der Waals surface area (Å²) in [6.07, 6.45) is 5.01. The van der Waals surface area contributed by atoms with Crippen LogP contribution in [0, 0.1) is 5.95 Å². The molecule has 98 valence electrons. The number of nitrogens with two attached hydrogens (primary N) is 1. The van der Waals surface area contributed by atoms with Crippen molar-refractivity contribution in [1.29, 1.82) is 0 Å². The summed E-state index contributed by atoms with van der Waals surface area (Å²) < 4.78 is 19.7. The highest BCUT2D eigenvalue weighted by Gasteiger charge is 2.06. The number of methoxy groups -OCH3 is 1. The van der Waals surface area contributed by atoms with Crippen LogP contribution in [0.2, 0.25) is 0 Å². The lowest BCUT2D eigenvalue weighted by atomic mass is 10.2. The Morgan fingerprint density at radius 1 is 1.39 bits per heavy atom. The van der Waals surface area contributed by atoms with E-state index in [9.17, 15) is 4.39 Å². The van der Waals surface area contributed by atoms with Crippen LogP contribution in [0.5, 0.6) is 5.75 Å². The van der Waals surface area contributed by atoms with Crippen LogP contribution in [0.15, 0.2) is 24.7 Å². The smallest absolute Gasteiger partial charge is 0.255 e. The van der Waals surface area contributed by atoms with Gasteiger partial charge in [0.05, 0.1) is 19.9 Å². The second-order valence-electron chi connectivity index (χ2n) is 3.59. The summed E-state index contributed by atoms with van der Waals surface area (Å²) in [7, 11) is 1.41.